The van der Waals surface area contributed by atoms with Crippen LogP contribution in [0.25, 0.3) is 0 Å². The van der Waals surface area contributed by atoms with Gasteiger partial charge in [-0.15, -0.1) is 0 Å². The second kappa shape index (κ2) is 9.41. The first kappa shape index (κ1) is 21.5. The van der Waals surface area contributed by atoms with E-state index in [4.69, 9.17) is 4.74 Å². The van der Waals surface area contributed by atoms with Gasteiger partial charge in [0.1, 0.15) is 11.8 Å². The number of piperazine rings is 1. The number of carbonyl (C=O) groups is 1. The van der Waals surface area contributed by atoms with E-state index in [1.54, 1.807) is 0 Å². The quantitative estimate of drug-likeness (QED) is 0.755. The van der Waals surface area contributed by atoms with Gasteiger partial charge in [0, 0.05) is 32.7 Å². The highest BCUT2D eigenvalue weighted by Crippen LogP contribution is 2.27. The molecule has 1 aromatic rings. The predicted octanol–water partition coefficient (Wildman–Crippen LogP) is 2.45. The molecule has 1 aliphatic heterocycles. The maximum Gasteiger partial charge on any atom is 0.405 e. The zero-order valence-corrected chi connectivity index (χ0v) is 16.0. The van der Waals surface area contributed by atoms with Gasteiger partial charge in [0.05, 0.1) is 0 Å². The Kier molecular flexibility index (Phi) is 7.49. The second-order valence-electron chi connectivity index (χ2n) is 7.13. The van der Waals surface area contributed by atoms with Crippen molar-refractivity contribution >= 4 is 5.91 Å². The van der Waals surface area contributed by atoms with Gasteiger partial charge < -0.3 is 15.4 Å². The number of hydrogen-bond donors (Lipinski definition) is 2. The fourth-order valence-corrected chi connectivity index (χ4v) is 3.09. The monoisotopic (exact) mass is 387 g/mol. The first-order valence-corrected chi connectivity index (χ1v) is 9.20. The summed E-state index contributed by atoms with van der Waals surface area (Å²) in [7, 11) is 0. The van der Waals surface area contributed by atoms with E-state index in [-0.39, 0.29) is 12.5 Å². The van der Waals surface area contributed by atoms with E-state index < -0.39 is 24.7 Å². The number of ether oxygens (including phenoxy) is 1. The van der Waals surface area contributed by atoms with E-state index in [1.165, 1.54) is 4.90 Å². The minimum absolute atomic E-state index is 0.214. The van der Waals surface area contributed by atoms with Crippen LogP contribution in [0.3, 0.4) is 0 Å². The number of nitrogens with zero attached hydrogens (tertiary/aromatic N) is 1. The van der Waals surface area contributed by atoms with Gasteiger partial charge in [-0.25, -0.2) is 0 Å². The third kappa shape index (κ3) is 6.39. The van der Waals surface area contributed by atoms with Crippen molar-refractivity contribution in [2.75, 3.05) is 39.3 Å². The zero-order valence-electron chi connectivity index (χ0n) is 16.0. The zero-order chi connectivity index (χ0) is 20.0. The Morgan fingerprint density at radius 2 is 1.96 bits per heavy atom. The van der Waals surface area contributed by atoms with Gasteiger partial charge in [-0.1, -0.05) is 26.0 Å². The summed E-state index contributed by atoms with van der Waals surface area (Å²) in [6.45, 7) is 6.78. The number of nitrogens with one attached hydrogen (secondary N) is 2. The molecule has 1 saturated heterocycles. The number of halogens is 3. The molecule has 2 rings (SSSR count). The number of hydrogen-bond acceptors (Lipinski definition) is 4. The molecule has 1 fully saturated rings. The highest BCUT2D eigenvalue weighted by atomic mass is 19.4. The normalized spacial score (nSPS) is 17.0. The minimum Gasteiger partial charge on any atom is -0.483 e. The average molecular weight is 387 g/mol. The van der Waals surface area contributed by atoms with Gasteiger partial charge in [-0.05, 0) is 30.0 Å². The molecule has 1 aromatic carbocycles. The molecule has 152 valence electrons. The summed E-state index contributed by atoms with van der Waals surface area (Å²) in [6, 6.07) is 4.05. The highest BCUT2D eigenvalue weighted by molar-refractivity contribution is 5.77. The Morgan fingerprint density at radius 1 is 1.30 bits per heavy atom. The molecule has 1 heterocycles. The molecule has 0 bridgehead atoms. The van der Waals surface area contributed by atoms with Crippen molar-refractivity contribution in [1.29, 1.82) is 0 Å². The molecule has 0 aliphatic carbocycles. The number of carbonyl (C=O) groups excluding carboxylic acids is 1. The van der Waals surface area contributed by atoms with Crippen molar-refractivity contribution in [2.45, 2.75) is 38.9 Å². The van der Waals surface area contributed by atoms with Crippen LogP contribution in [0.15, 0.2) is 18.2 Å². The molecule has 0 spiro atoms. The lowest BCUT2D eigenvalue weighted by Crippen LogP contribution is -2.57. The summed E-state index contributed by atoms with van der Waals surface area (Å²) >= 11 is 0. The third-order valence-corrected chi connectivity index (χ3v) is 4.61. The van der Waals surface area contributed by atoms with Crippen molar-refractivity contribution in [3.05, 3.63) is 29.3 Å². The Morgan fingerprint density at radius 3 is 2.56 bits per heavy atom. The van der Waals surface area contributed by atoms with Crippen molar-refractivity contribution in [3.63, 3.8) is 0 Å². The molecule has 1 unspecified atom stereocenters. The van der Waals surface area contributed by atoms with Gasteiger partial charge in [0.25, 0.3) is 5.91 Å². The summed E-state index contributed by atoms with van der Waals surface area (Å²) < 4.78 is 45.6. The number of amides is 1. The van der Waals surface area contributed by atoms with Gasteiger partial charge >= 0.3 is 6.18 Å². The van der Waals surface area contributed by atoms with Gasteiger partial charge in [0.2, 0.25) is 0 Å². The summed E-state index contributed by atoms with van der Waals surface area (Å²) in [5, 5.41) is 5.40. The lowest BCUT2D eigenvalue weighted by atomic mass is 10.0. The van der Waals surface area contributed by atoms with Crippen molar-refractivity contribution in [2.24, 2.45) is 0 Å². The number of aryl methyl sites for hydroxylation is 1. The van der Waals surface area contributed by atoms with Crippen molar-refractivity contribution in [1.82, 2.24) is 15.5 Å². The van der Waals surface area contributed by atoms with Crippen LogP contribution in [-0.2, 0) is 4.79 Å². The van der Waals surface area contributed by atoms with E-state index >= 15 is 0 Å². The summed E-state index contributed by atoms with van der Waals surface area (Å²) in [4.78, 5) is 13.4. The van der Waals surface area contributed by atoms with Crippen LogP contribution in [0.4, 0.5) is 13.2 Å². The summed E-state index contributed by atoms with van der Waals surface area (Å²) in [5.41, 5.74) is 1.95. The number of alkyl halides is 3. The molecular weight excluding hydrogens is 359 g/mol. The van der Waals surface area contributed by atoms with E-state index in [0.717, 1.165) is 11.1 Å². The summed E-state index contributed by atoms with van der Waals surface area (Å²) in [6.07, 6.45) is -4.40. The molecule has 0 aromatic heterocycles. The van der Waals surface area contributed by atoms with Crippen LogP contribution in [-0.4, -0.2) is 62.4 Å². The average Bonchev–Trinajstić information content (AvgIpc) is 2.59. The maximum atomic E-state index is 13.3. The van der Waals surface area contributed by atoms with E-state index in [1.807, 2.05) is 39.0 Å². The molecule has 8 heteroatoms. The Labute approximate surface area is 158 Å². The molecule has 1 aliphatic rings. The van der Waals surface area contributed by atoms with Crippen LogP contribution in [0.2, 0.25) is 0 Å². The Balaban J connectivity index is 1.92. The lowest BCUT2D eigenvalue weighted by molar-refractivity contribution is -0.184. The minimum atomic E-state index is -4.40. The molecular formula is C19H28F3N3O2. The van der Waals surface area contributed by atoms with Crippen LogP contribution in [0, 0.1) is 6.92 Å². The number of rotatable bonds is 7. The Bertz CT molecular complexity index is 629. The Hall–Kier alpha value is -1.80. The summed E-state index contributed by atoms with van der Waals surface area (Å²) in [5.74, 6) is 0.246. The van der Waals surface area contributed by atoms with Gasteiger partial charge in [-0.2, -0.15) is 13.2 Å². The molecule has 5 nitrogen and oxygen atoms in total. The fourth-order valence-electron chi connectivity index (χ4n) is 3.09. The lowest BCUT2D eigenvalue weighted by Gasteiger charge is -2.35. The topological polar surface area (TPSA) is 53.6 Å². The molecule has 1 atom stereocenters. The molecule has 1 amide bonds. The molecule has 27 heavy (non-hydrogen) atoms. The third-order valence-electron chi connectivity index (χ3n) is 4.61. The van der Waals surface area contributed by atoms with Gasteiger partial charge in [0.15, 0.2) is 6.61 Å². The molecule has 2 N–H and O–H groups in total. The van der Waals surface area contributed by atoms with Crippen molar-refractivity contribution < 1.29 is 22.7 Å². The van der Waals surface area contributed by atoms with E-state index in [0.29, 0.717) is 31.9 Å². The van der Waals surface area contributed by atoms with Gasteiger partial charge in [-0.3, -0.25) is 9.69 Å². The first-order chi connectivity index (χ1) is 12.7. The van der Waals surface area contributed by atoms with Crippen LogP contribution in [0.1, 0.15) is 30.9 Å². The smallest absolute Gasteiger partial charge is 0.405 e. The van der Waals surface area contributed by atoms with Crippen LogP contribution in [0.5, 0.6) is 5.75 Å². The fraction of sp³-hybridized carbons (Fsp3) is 0.632. The van der Waals surface area contributed by atoms with Crippen LogP contribution < -0.4 is 15.4 Å². The van der Waals surface area contributed by atoms with E-state index in [9.17, 15) is 18.0 Å². The SMILES string of the molecule is Cc1ccc(C(C)C)c(OCC(=O)NCC(N2CCNCC2)C(F)(F)F)c1. The maximum absolute atomic E-state index is 13.3. The van der Waals surface area contributed by atoms with Crippen molar-refractivity contribution in [3.8, 4) is 5.75 Å². The highest BCUT2D eigenvalue weighted by Gasteiger charge is 2.43. The second-order valence-corrected chi connectivity index (χ2v) is 7.13. The molecule has 0 radical (unpaired) electrons. The standard InChI is InChI=1S/C19H28F3N3O2/c1-13(2)15-5-4-14(3)10-16(15)27-12-18(26)24-11-17(19(20,21)22)25-8-6-23-7-9-25/h4-5,10,13,17,23H,6-9,11-12H2,1-3H3,(H,24,26). The van der Waals surface area contributed by atoms with Crippen LogP contribution >= 0.6 is 0 Å². The predicted molar refractivity (Wildman–Crippen MR) is 98.1 cm³/mol. The first-order valence-electron chi connectivity index (χ1n) is 9.20. The number of benzene rings is 1. The largest absolute Gasteiger partial charge is 0.483 e. The molecule has 0 saturated carbocycles. The van der Waals surface area contributed by atoms with E-state index in [2.05, 4.69) is 10.6 Å².